The van der Waals surface area contributed by atoms with Crippen molar-refractivity contribution in [1.82, 2.24) is 20.9 Å². The van der Waals surface area contributed by atoms with Crippen molar-refractivity contribution in [2.24, 2.45) is 0 Å². The fourth-order valence-corrected chi connectivity index (χ4v) is 4.69. The number of carbonyl (C=O) groups excluding carboxylic acids is 3. The molecule has 0 aliphatic heterocycles. The molecule has 5 atom stereocenters. The number of nitrogens with zero attached hydrogens (tertiary/aromatic N) is 1. The van der Waals surface area contributed by atoms with Crippen LogP contribution in [-0.4, -0.2) is 63.3 Å². The Labute approximate surface area is 247 Å². The van der Waals surface area contributed by atoms with Crippen molar-refractivity contribution < 1.29 is 24.6 Å². The summed E-state index contributed by atoms with van der Waals surface area (Å²) < 4.78 is 0. The summed E-state index contributed by atoms with van der Waals surface area (Å²) in [7, 11) is 0. The zero-order valence-electron chi connectivity index (χ0n) is 24.3. The zero-order valence-corrected chi connectivity index (χ0v) is 24.3. The molecule has 3 amide bonds. The molecule has 5 N–H and O–H groups in total. The monoisotopic (exact) mass is 574 g/mol. The first-order valence-electron chi connectivity index (χ1n) is 14.6. The van der Waals surface area contributed by atoms with Gasteiger partial charge in [0.2, 0.25) is 5.91 Å². The van der Waals surface area contributed by atoms with Crippen molar-refractivity contribution in [3.63, 3.8) is 0 Å². The average Bonchev–Trinajstić information content (AvgIpc) is 3.02. The molecular formula is C33H42N4O5. The molecule has 1 aromatic heterocycles. The fraction of sp³-hybridized carbons (Fsp3) is 0.394. The molecule has 1 heterocycles. The van der Waals surface area contributed by atoms with Crippen molar-refractivity contribution in [2.75, 3.05) is 0 Å². The number of rotatable bonds is 16. The van der Waals surface area contributed by atoms with Crippen LogP contribution in [0.1, 0.15) is 72.2 Å². The summed E-state index contributed by atoms with van der Waals surface area (Å²) in [5.74, 6) is -1.27. The molecule has 0 fully saturated rings. The molecule has 9 heteroatoms. The number of benzene rings is 2. The third-order valence-corrected chi connectivity index (χ3v) is 7.19. The highest BCUT2D eigenvalue weighted by Crippen LogP contribution is 2.14. The lowest BCUT2D eigenvalue weighted by molar-refractivity contribution is -0.125. The Balaban J connectivity index is 1.76. The van der Waals surface area contributed by atoms with Gasteiger partial charge in [0, 0.05) is 18.0 Å². The van der Waals surface area contributed by atoms with Crippen LogP contribution in [0.15, 0.2) is 85.2 Å². The highest BCUT2D eigenvalue weighted by Gasteiger charge is 2.34. The summed E-state index contributed by atoms with van der Waals surface area (Å²) in [5.41, 5.74) is 1.60. The Kier molecular flexibility index (Phi) is 13.1. The number of nitrogens with one attached hydrogen (secondary N) is 3. The van der Waals surface area contributed by atoms with E-state index < -0.39 is 42.1 Å². The van der Waals surface area contributed by atoms with Crippen molar-refractivity contribution in [1.29, 1.82) is 0 Å². The second kappa shape index (κ2) is 17.0. The number of amides is 3. The van der Waals surface area contributed by atoms with Crippen molar-refractivity contribution in [3.8, 4) is 0 Å². The van der Waals surface area contributed by atoms with E-state index in [4.69, 9.17) is 0 Å². The minimum atomic E-state index is -1.42. The van der Waals surface area contributed by atoms with Gasteiger partial charge in [-0.2, -0.15) is 0 Å². The SMILES string of the molecule is CCCCCC[C@@H](NC(=O)c1cccnc1)C(=O)N[C@@H](Cc1ccccc1)[C@@H](O)[C@H](O)[C@@H](C)NC(=O)c1ccccc1. The maximum atomic E-state index is 13.6. The largest absolute Gasteiger partial charge is 0.388 e. The maximum absolute atomic E-state index is 13.6. The van der Waals surface area contributed by atoms with Gasteiger partial charge in [0.15, 0.2) is 0 Å². The smallest absolute Gasteiger partial charge is 0.253 e. The molecule has 0 saturated heterocycles. The number of carbonyl (C=O) groups is 3. The molecule has 2 aromatic carbocycles. The van der Waals surface area contributed by atoms with Gasteiger partial charge in [-0.15, -0.1) is 0 Å². The molecule has 9 nitrogen and oxygen atoms in total. The van der Waals surface area contributed by atoms with Crippen molar-refractivity contribution in [3.05, 3.63) is 102 Å². The normalized spacial score (nSPS) is 14.6. The fourth-order valence-electron chi connectivity index (χ4n) is 4.69. The van der Waals surface area contributed by atoms with Crippen LogP contribution in [0.5, 0.6) is 0 Å². The van der Waals surface area contributed by atoms with Crippen LogP contribution < -0.4 is 16.0 Å². The third kappa shape index (κ3) is 10.1. The molecule has 224 valence electrons. The van der Waals surface area contributed by atoms with Gasteiger partial charge in [-0.3, -0.25) is 19.4 Å². The van der Waals surface area contributed by atoms with E-state index >= 15 is 0 Å². The van der Waals surface area contributed by atoms with Gasteiger partial charge in [-0.05, 0) is 49.6 Å². The summed E-state index contributed by atoms with van der Waals surface area (Å²) in [5, 5.41) is 30.8. The summed E-state index contributed by atoms with van der Waals surface area (Å²) in [6, 6.07) is 18.6. The van der Waals surface area contributed by atoms with Crippen molar-refractivity contribution >= 4 is 17.7 Å². The van der Waals surface area contributed by atoms with E-state index in [1.54, 1.807) is 55.6 Å². The lowest BCUT2D eigenvalue weighted by Gasteiger charge is -2.32. The van der Waals surface area contributed by atoms with Crippen LogP contribution in [0.2, 0.25) is 0 Å². The number of pyridine rings is 1. The summed E-state index contributed by atoms with van der Waals surface area (Å²) in [4.78, 5) is 43.2. The van der Waals surface area contributed by atoms with Crippen LogP contribution >= 0.6 is 0 Å². The van der Waals surface area contributed by atoms with Gasteiger partial charge >= 0.3 is 0 Å². The summed E-state index contributed by atoms with van der Waals surface area (Å²) >= 11 is 0. The van der Waals surface area contributed by atoms with E-state index in [1.807, 2.05) is 30.3 Å². The van der Waals surface area contributed by atoms with E-state index in [9.17, 15) is 24.6 Å². The van der Waals surface area contributed by atoms with E-state index in [1.165, 1.54) is 6.20 Å². The lowest BCUT2D eigenvalue weighted by Crippen LogP contribution is -2.58. The lowest BCUT2D eigenvalue weighted by atomic mass is 9.94. The second-order valence-electron chi connectivity index (χ2n) is 10.5. The number of aliphatic hydroxyl groups is 2. The Morgan fingerprint density at radius 3 is 2.05 bits per heavy atom. The van der Waals surface area contributed by atoms with E-state index in [2.05, 4.69) is 27.9 Å². The molecule has 0 spiro atoms. The van der Waals surface area contributed by atoms with Gasteiger partial charge in [0.05, 0.1) is 17.6 Å². The number of aliphatic hydroxyl groups excluding tert-OH is 2. The highest BCUT2D eigenvalue weighted by atomic mass is 16.3. The molecule has 3 rings (SSSR count). The maximum Gasteiger partial charge on any atom is 0.253 e. The van der Waals surface area contributed by atoms with E-state index in [-0.39, 0.29) is 12.3 Å². The van der Waals surface area contributed by atoms with Crippen LogP contribution in [0.25, 0.3) is 0 Å². The first-order valence-corrected chi connectivity index (χ1v) is 14.6. The van der Waals surface area contributed by atoms with Crippen LogP contribution in [0.3, 0.4) is 0 Å². The van der Waals surface area contributed by atoms with Crippen LogP contribution in [-0.2, 0) is 11.2 Å². The Hall–Kier alpha value is -4.08. The first kappa shape index (κ1) is 32.4. The third-order valence-electron chi connectivity index (χ3n) is 7.19. The minimum absolute atomic E-state index is 0.225. The van der Waals surface area contributed by atoms with E-state index in [0.717, 1.165) is 31.2 Å². The van der Waals surface area contributed by atoms with Gasteiger partial charge in [0.1, 0.15) is 18.2 Å². The van der Waals surface area contributed by atoms with Crippen molar-refractivity contribution in [2.45, 2.75) is 82.7 Å². The Morgan fingerprint density at radius 2 is 1.40 bits per heavy atom. The summed E-state index contributed by atoms with van der Waals surface area (Å²) in [6.07, 6.45) is 4.52. The van der Waals surface area contributed by atoms with Crippen LogP contribution in [0, 0.1) is 0 Å². The Morgan fingerprint density at radius 1 is 0.762 bits per heavy atom. The van der Waals surface area contributed by atoms with Crippen LogP contribution in [0.4, 0.5) is 0 Å². The molecule has 0 saturated carbocycles. The first-order chi connectivity index (χ1) is 20.3. The number of hydrogen-bond donors (Lipinski definition) is 5. The van der Waals surface area contributed by atoms with Gasteiger partial charge in [0.25, 0.3) is 11.8 Å². The predicted molar refractivity (Wildman–Crippen MR) is 162 cm³/mol. The highest BCUT2D eigenvalue weighted by molar-refractivity contribution is 5.97. The number of hydrogen-bond acceptors (Lipinski definition) is 6. The molecule has 0 bridgehead atoms. The standard InChI is InChI=1S/C33H42N4O5/c1-3-4-5-12-19-27(36-32(41)26-18-13-20-34-22-26)33(42)37-28(21-24-14-8-6-9-15-24)30(39)29(38)23(2)35-31(40)25-16-10-7-11-17-25/h6-11,13-18,20,22-23,27-30,38-39H,3-5,12,19,21H2,1-2H3,(H,35,40)(H,36,41)(H,37,42)/t23-,27-,28+,29-,30-/m1/s1. The number of aromatic nitrogens is 1. The van der Waals surface area contributed by atoms with Gasteiger partial charge in [-0.1, -0.05) is 81.1 Å². The molecule has 42 heavy (non-hydrogen) atoms. The Bertz CT molecular complexity index is 1240. The molecule has 0 radical (unpaired) electrons. The molecule has 0 aliphatic rings. The second-order valence-corrected chi connectivity index (χ2v) is 10.5. The number of unbranched alkanes of at least 4 members (excludes halogenated alkanes) is 3. The van der Waals surface area contributed by atoms with Gasteiger partial charge in [-0.25, -0.2) is 0 Å². The zero-order chi connectivity index (χ0) is 30.3. The van der Waals surface area contributed by atoms with E-state index in [0.29, 0.717) is 17.5 Å². The molecule has 0 unspecified atom stereocenters. The topological polar surface area (TPSA) is 141 Å². The summed E-state index contributed by atoms with van der Waals surface area (Å²) in [6.45, 7) is 3.69. The minimum Gasteiger partial charge on any atom is -0.388 e. The average molecular weight is 575 g/mol. The molecule has 0 aliphatic carbocycles. The predicted octanol–water partition coefficient (Wildman–Crippen LogP) is 3.42. The van der Waals surface area contributed by atoms with Gasteiger partial charge < -0.3 is 26.2 Å². The quantitative estimate of drug-likeness (QED) is 0.166. The molecule has 3 aromatic rings. The molecular weight excluding hydrogens is 532 g/mol.